The highest BCUT2D eigenvalue weighted by Gasteiger charge is 2.30. The zero-order valence-corrected chi connectivity index (χ0v) is 13.3. The Morgan fingerprint density at radius 1 is 1.55 bits per heavy atom. The van der Waals surface area contributed by atoms with E-state index >= 15 is 0 Å². The Bertz CT molecular complexity index is 553. The minimum absolute atomic E-state index is 0.0624. The van der Waals surface area contributed by atoms with Crippen LogP contribution < -0.4 is 10.2 Å². The van der Waals surface area contributed by atoms with Crippen molar-refractivity contribution in [2.24, 2.45) is 5.92 Å². The minimum Gasteiger partial charge on any atom is -0.358 e. The number of rotatable bonds is 2. The van der Waals surface area contributed by atoms with Crippen LogP contribution in [0, 0.1) is 24.2 Å². The van der Waals surface area contributed by atoms with Crippen LogP contribution in [0.1, 0.15) is 18.9 Å². The highest BCUT2D eigenvalue weighted by atomic mass is 79.9. The minimum atomic E-state index is -0.417. The quantitative estimate of drug-likeness (QED) is 0.903. The van der Waals surface area contributed by atoms with Gasteiger partial charge >= 0.3 is 0 Å². The Morgan fingerprint density at radius 3 is 2.95 bits per heavy atom. The molecule has 20 heavy (non-hydrogen) atoms. The van der Waals surface area contributed by atoms with Crippen LogP contribution >= 0.6 is 15.9 Å². The van der Waals surface area contributed by atoms with Crippen molar-refractivity contribution in [2.45, 2.75) is 26.3 Å². The fourth-order valence-corrected chi connectivity index (χ4v) is 2.76. The third-order valence-corrected chi connectivity index (χ3v) is 4.44. The van der Waals surface area contributed by atoms with Crippen LogP contribution in [0.25, 0.3) is 0 Å². The molecule has 4 nitrogen and oxygen atoms in total. The van der Waals surface area contributed by atoms with Crippen LogP contribution in [0.4, 0.5) is 5.69 Å². The van der Waals surface area contributed by atoms with E-state index in [1.165, 1.54) is 0 Å². The number of nitriles is 1. The Balaban J connectivity index is 2.38. The van der Waals surface area contributed by atoms with Gasteiger partial charge in [-0.15, -0.1) is 0 Å². The first kappa shape index (κ1) is 14.9. The summed E-state index contributed by atoms with van der Waals surface area (Å²) in [7, 11) is 0. The average molecular weight is 336 g/mol. The van der Waals surface area contributed by atoms with Gasteiger partial charge in [0, 0.05) is 23.2 Å². The molecule has 0 aliphatic carbocycles. The number of carbonyl (C=O) groups is 1. The Morgan fingerprint density at radius 2 is 2.30 bits per heavy atom. The lowest BCUT2D eigenvalue weighted by molar-refractivity contribution is -0.122. The summed E-state index contributed by atoms with van der Waals surface area (Å²) in [6.07, 6.45) is 0.198. The van der Waals surface area contributed by atoms with E-state index in [-0.39, 0.29) is 12.3 Å². The third kappa shape index (κ3) is 3.13. The van der Waals surface area contributed by atoms with Crippen molar-refractivity contribution in [2.75, 3.05) is 18.0 Å². The van der Waals surface area contributed by atoms with Crippen LogP contribution in [0.5, 0.6) is 0 Å². The van der Waals surface area contributed by atoms with Gasteiger partial charge < -0.3 is 10.2 Å². The fraction of sp³-hybridized carbons (Fsp3) is 0.467. The van der Waals surface area contributed by atoms with Gasteiger partial charge in [-0.3, -0.25) is 4.79 Å². The summed E-state index contributed by atoms with van der Waals surface area (Å²) in [5.74, 6) is 0.287. The van der Waals surface area contributed by atoms with Gasteiger partial charge in [0.2, 0.25) is 5.91 Å². The van der Waals surface area contributed by atoms with Gasteiger partial charge in [0.15, 0.2) is 0 Å². The molecule has 106 valence electrons. The lowest BCUT2D eigenvalue weighted by Gasteiger charge is -2.30. The molecule has 1 saturated heterocycles. The molecule has 0 radical (unpaired) electrons. The highest BCUT2D eigenvalue weighted by Crippen LogP contribution is 2.27. The topological polar surface area (TPSA) is 56.1 Å². The molecule has 1 aliphatic heterocycles. The molecule has 1 heterocycles. The number of nitrogens with zero attached hydrogens (tertiary/aromatic N) is 2. The van der Waals surface area contributed by atoms with Crippen molar-refractivity contribution < 1.29 is 4.79 Å². The molecule has 0 spiro atoms. The summed E-state index contributed by atoms with van der Waals surface area (Å²) in [5, 5.41) is 11.9. The van der Waals surface area contributed by atoms with E-state index in [9.17, 15) is 4.79 Å². The molecule has 0 saturated carbocycles. The van der Waals surface area contributed by atoms with Crippen LogP contribution in [-0.2, 0) is 4.79 Å². The van der Waals surface area contributed by atoms with Gasteiger partial charge in [-0.05, 0) is 30.5 Å². The third-order valence-electron chi connectivity index (χ3n) is 3.58. The molecule has 5 heteroatoms. The number of amides is 1. The standard InChI is InChI=1S/C15H18BrN3O/c1-10-8-18-15(20)14(5-6-17)19(9-10)12-4-3-11(2)13(16)7-12/h3-4,7,10,14H,5,8-9H2,1-2H3,(H,18,20). The van der Waals surface area contributed by atoms with Gasteiger partial charge in [0.25, 0.3) is 0 Å². The lowest BCUT2D eigenvalue weighted by atomic mass is 10.1. The van der Waals surface area contributed by atoms with Gasteiger partial charge in [-0.2, -0.15) is 5.26 Å². The number of hydrogen-bond donors (Lipinski definition) is 1. The number of carbonyl (C=O) groups excluding carboxylic acids is 1. The van der Waals surface area contributed by atoms with Crippen molar-refractivity contribution in [1.82, 2.24) is 5.32 Å². The Kier molecular flexibility index (Phi) is 4.66. The number of benzene rings is 1. The summed E-state index contributed by atoms with van der Waals surface area (Å²) in [6.45, 7) is 5.55. The maximum absolute atomic E-state index is 12.2. The zero-order valence-electron chi connectivity index (χ0n) is 11.7. The summed E-state index contributed by atoms with van der Waals surface area (Å²) in [6, 6.07) is 7.76. The first-order valence-corrected chi connectivity index (χ1v) is 7.49. The second-order valence-electron chi connectivity index (χ2n) is 5.31. The first-order valence-electron chi connectivity index (χ1n) is 6.70. The van der Waals surface area contributed by atoms with Crippen molar-refractivity contribution in [3.8, 4) is 6.07 Å². The zero-order chi connectivity index (χ0) is 14.7. The summed E-state index contributed by atoms with van der Waals surface area (Å²) in [4.78, 5) is 14.2. The predicted octanol–water partition coefficient (Wildman–Crippen LogP) is 2.61. The second kappa shape index (κ2) is 6.27. The maximum Gasteiger partial charge on any atom is 0.243 e. The summed E-state index contributed by atoms with van der Waals surface area (Å²) in [5.41, 5.74) is 2.13. The molecule has 0 bridgehead atoms. The first-order chi connectivity index (χ1) is 9.52. The molecular weight excluding hydrogens is 318 g/mol. The smallest absolute Gasteiger partial charge is 0.243 e. The van der Waals surface area contributed by atoms with Gasteiger partial charge in [0.05, 0.1) is 12.5 Å². The monoisotopic (exact) mass is 335 g/mol. The highest BCUT2D eigenvalue weighted by molar-refractivity contribution is 9.10. The van der Waals surface area contributed by atoms with E-state index < -0.39 is 6.04 Å². The molecule has 1 aliphatic rings. The largest absolute Gasteiger partial charge is 0.358 e. The second-order valence-corrected chi connectivity index (χ2v) is 6.17. The van der Waals surface area contributed by atoms with E-state index in [4.69, 9.17) is 5.26 Å². The summed E-state index contributed by atoms with van der Waals surface area (Å²) >= 11 is 3.53. The van der Waals surface area contributed by atoms with Gasteiger partial charge in [-0.1, -0.05) is 28.9 Å². The molecule has 2 unspecified atom stereocenters. The molecule has 1 aromatic rings. The van der Waals surface area contributed by atoms with Crippen molar-refractivity contribution in [1.29, 1.82) is 5.26 Å². The molecule has 1 fully saturated rings. The van der Waals surface area contributed by atoms with E-state index in [1.54, 1.807) is 0 Å². The fourth-order valence-electron chi connectivity index (χ4n) is 2.40. The molecule has 0 aromatic heterocycles. The van der Waals surface area contributed by atoms with E-state index in [0.717, 1.165) is 22.3 Å². The molecular formula is C15H18BrN3O. The number of halogens is 1. The average Bonchev–Trinajstić information content (AvgIpc) is 2.55. The lowest BCUT2D eigenvalue weighted by Crippen LogP contribution is -2.44. The van der Waals surface area contributed by atoms with Gasteiger partial charge in [0.1, 0.15) is 6.04 Å². The van der Waals surface area contributed by atoms with Crippen LogP contribution in [0.2, 0.25) is 0 Å². The number of hydrogen-bond acceptors (Lipinski definition) is 3. The molecule has 2 atom stereocenters. The molecule has 1 N–H and O–H groups in total. The van der Waals surface area contributed by atoms with Crippen molar-refractivity contribution >= 4 is 27.5 Å². The molecule has 2 rings (SSSR count). The maximum atomic E-state index is 12.2. The number of anilines is 1. The Labute approximate surface area is 127 Å². The van der Waals surface area contributed by atoms with E-state index in [0.29, 0.717) is 12.5 Å². The SMILES string of the molecule is Cc1ccc(N2CC(C)CNC(=O)C2CC#N)cc1Br. The van der Waals surface area contributed by atoms with E-state index in [2.05, 4.69) is 34.2 Å². The number of nitrogens with one attached hydrogen (secondary N) is 1. The van der Waals surface area contributed by atoms with E-state index in [1.807, 2.05) is 30.0 Å². The number of aryl methyl sites for hydroxylation is 1. The summed E-state index contributed by atoms with van der Waals surface area (Å²) < 4.78 is 1.02. The van der Waals surface area contributed by atoms with Crippen LogP contribution in [0.15, 0.2) is 22.7 Å². The molecule has 1 amide bonds. The normalized spacial score (nSPS) is 22.9. The van der Waals surface area contributed by atoms with Crippen molar-refractivity contribution in [3.05, 3.63) is 28.2 Å². The van der Waals surface area contributed by atoms with Crippen molar-refractivity contribution in [3.63, 3.8) is 0 Å². The van der Waals surface area contributed by atoms with Crippen LogP contribution in [0.3, 0.4) is 0 Å². The van der Waals surface area contributed by atoms with Gasteiger partial charge in [-0.25, -0.2) is 0 Å². The molecule has 1 aromatic carbocycles. The predicted molar refractivity (Wildman–Crippen MR) is 82.4 cm³/mol. The Hall–Kier alpha value is -1.54. The van der Waals surface area contributed by atoms with Crippen LogP contribution in [-0.4, -0.2) is 25.0 Å².